The van der Waals surface area contributed by atoms with Crippen LogP contribution in [-0.2, 0) is 0 Å². The topological polar surface area (TPSA) is 66.4 Å². The Hall–Kier alpha value is -3.93. The molecule has 6 heteroatoms. The molecule has 4 rings (SSSR count). The van der Waals surface area contributed by atoms with Crippen LogP contribution < -0.4 is 14.2 Å². The minimum atomic E-state index is 0.564. The van der Waals surface area contributed by atoms with Crippen molar-refractivity contribution in [2.24, 2.45) is 0 Å². The minimum Gasteiger partial charge on any atom is -0.497 e. The minimum absolute atomic E-state index is 0.564. The molecule has 3 aromatic carbocycles. The highest BCUT2D eigenvalue weighted by molar-refractivity contribution is 5.79. The van der Waals surface area contributed by atoms with E-state index in [1.807, 2.05) is 72.8 Å². The Labute approximate surface area is 245 Å². The summed E-state index contributed by atoms with van der Waals surface area (Å²) in [5, 5.41) is 9.11. The third-order valence-electron chi connectivity index (χ3n) is 7.29. The lowest BCUT2D eigenvalue weighted by molar-refractivity contribution is 0.304. The molecule has 0 saturated heterocycles. The van der Waals surface area contributed by atoms with Crippen LogP contribution in [-0.4, -0.2) is 36.0 Å². The van der Waals surface area contributed by atoms with Crippen molar-refractivity contribution in [3.63, 3.8) is 0 Å². The third kappa shape index (κ3) is 9.04. The Morgan fingerprint density at radius 2 is 0.951 bits per heavy atom. The molecule has 0 bridgehead atoms. The zero-order valence-corrected chi connectivity index (χ0v) is 24.8. The van der Waals surface area contributed by atoms with Crippen molar-refractivity contribution in [1.82, 2.24) is 15.2 Å². The molecule has 6 nitrogen and oxygen atoms in total. The van der Waals surface area contributed by atoms with Gasteiger partial charge in [-0.15, -0.1) is 10.2 Å². The van der Waals surface area contributed by atoms with Gasteiger partial charge in [0.05, 0.1) is 20.8 Å². The fraction of sp³-hybridized carbons (Fsp3) is 0.400. The average molecular weight is 554 g/mol. The molecule has 1 heterocycles. The summed E-state index contributed by atoms with van der Waals surface area (Å²) in [5.74, 6) is 3.00. The van der Waals surface area contributed by atoms with Gasteiger partial charge in [0.25, 0.3) is 0 Å². The highest BCUT2D eigenvalue weighted by Gasteiger charge is 2.15. The maximum absolute atomic E-state index is 6.00. The Balaban J connectivity index is 1.37. The average Bonchev–Trinajstić information content (AvgIpc) is 3.04. The van der Waals surface area contributed by atoms with E-state index < -0.39 is 0 Å². The standard InChI is InChI=1S/C35H43N3O3/c1-4-5-6-7-8-9-10-11-12-13-26-41-32-24-18-29(19-25-32)35-36-33(27-14-20-30(39-2)21-15-27)34(37-38-35)28-16-22-31(40-3)23-17-28/h14-25H,4-13,26H2,1-3H3. The molecule has 4 aromatic rings. The van der Waals surface area contributed by atoms with Crippen molar-refractivity contribution in [2.45, 2.75) is 71.1 Å². The number of hydrogen-bond donors (Lipinski definition) is 0. The van der Waals surface area contributed by atoms with Crippen LogP contribution in [0.25, 0.3) is 33.9 Å². The SMILES string of the molecule is CCCCCCCCCCCCOc1ccc(-c2nnc(-c3ccc(OC)cc3)c(-c3ccc(OC)cc3)n2)cc1. The van der Waals surface area contributed by atoms with E-state index in [9.17, 15) is 0 Å². The molecule has 0 aliphatic heterocycles. The summed E-state index contributed by atoms with van der Waals surface area (Å²) in [7, 11) is 3.31. The van der Waals surface area contributed by atoms with Gasteiger partial charge in [-0.25, -0.2) is 4.98 Å². The number of unbranched alkanes of at least 4 members (excludes halogenated alkanes) is 9. The summed E-state index contributed by atoms with van der Waals surface area (Å²) in [4.78, 5) is 4.96. The zero-order valence-electron chi connectivity index (χ0n) is 24.8. The van der Waals surface area contributed by atoms with Gasteiger partial charge in [-0.05, 0) is 79.2 Å². The van der Waals surface area contributed by atoms with E-state index in [4.69, 9.17) is 19.2 Å². The Bertz CT molecular complexity index is 1310. The molecule has 0 aliphatic carbocycles. The van der Waals surface area contributed by atoms with Gasteiger partial charge in [-0.1, -0.05) is 64.7 Å². The van der Waals surface area contributed by atoms with Crippen LogP contribution in [0.1, 0.15) is 71.1 Å². The molecule has 0 radical (unpaired) electrons. The molecule has 0 N–H and O–H groups in total. The number of hydrogen-bond acceptors (Lipinski definition) is 6. The second kappa shape index (κ2) is 16.4. The number of benzene rings is 3. The van der Waals surface area contributed by atoms with Crippen LogP contribution >= 0.6 is 0 Å². The van der Waals surface area contributed by atoms with Gasteiger partial charge in [0.1, 0.15) is 28.6 Å². The van der Waals surface area contributed by atoms with Crippen molar-refractivity contribution in [1.29, 1.82) is 0 Å². The van der Waals surface area contributed by atoms with Crippen LogP contribution in [0.5, 0.6) is 17.2 Å². The molecular formula is C35H43N3O3. The van der Waals surface area contributed by atoms with Crippen molar-refractivity contribution in [2.75, 3.05) is 20.8 Å². The Morgan fingerprint density at radius 1 is 0.488 bits per heavy atom. The first kappa shape index (κ1) is 30.0. The highest BCUT2D eigenvalue weighted by atomic mass is 16.5. The summed E-state index contributed by atoms with van der Waals surface area (Å²) >= 11 is 0. The summed E-state index contributed by atoms with van der Waals surface area (Å²) in [5.41, 5.74) is 4.20. The second-order valence-electron chi connectivity index (χ2n) is 10.3. The van der Waals surface area contributed by atoms with Crippen molar-refractivity contribution in [3.8, 4) is 51.2 Å². The summed E-state index contributed by atoms with van der Waals surface area (Å²) in [6.45, 7) is 3.01. The molecule has 0 fully saturated rings. The molecule has 0 spiro atoms. The van der Waals surface area contributed by atoms with Gasteiger partial charge < -0.3 is 14.2 Å². The first-order valence-electron chi connectivity index (χ1n) is 15.0. The van der Waals surface area contributed by atoms with E-state index in [1.54, 1.807) is 14.2 Å². The fourth-order valence-corrected chi connectivity index (χ4v) is 4.82. The molecule has 41 heavy (non-hydrogen) atoms. The van der Waals surface area contributed by atoms with Crippen LogP contribution in [0.2, 0.25) is 0 Å². The monoisotopic (exact) mass is 553 g/mol. The van der Waals surface area contributed by atoms with Gasteiger partial charge in [0, 0.05) is 16.7 Å². The van der Waals surface area contributed by atoms with Gasteiger partial charge in [-0.3, -0.25) is 0 Å². The van der Waals surface area contributed by atoms with Gasteiger partial charge >= 0.3 is 0 Å². The third-order valence-corrected chi connectivity index (χ3v) is 7.29. The van der Waals surface area contributed by atoms with Crippen LogP contribution in [0.15, 0.2) is 72.8 Å². The quantitative estimate of drug-likeness (QED) is 0.121. The van der Waals surface area contributed by atoms with Gasteiger partial charge in [0.2, 0.25) is 0 Å². The van der Waals surface area contributed by atoms with E-state index in [1.165, 1.54) is 57.8 Å². The van der Waals surface area contributed by atoms with Crippen molar-refractivity contribution < 1.29 is 14.2 Å². The predicted octanol–water partition coefficient (Wildman–Crippen LogP) is 9.19. The maximum Gasteiger partial charge on any atom is 0.182 e. The van der Waals surface area contributed by atoms with Crippen LogP contribution in [0.4, 0.5) is 0 Å². The molecule has 1 aromatic heterocycles. The van der Waals surface area contributed by atoms with E-state index in [2.05, 4.69) is 17.1 Å². The molecular weight excluding hydrogens is 510 g/mol. The Morgan fingerprint density at radius 3 is 1.49 bits per heavy atom. The predicted molar refractivity (Wildman–Crippen MR) is 167 cm³/mol. The second-order valence-corrected chi connectivity index (χ2v) is 10.3. The molecule has 0 amide bonds. The van der Waals surface area contributed by atoms with Crippen LogP contribution in [0, 0.1) is 0 Å². The van der Waals surface area contributed by atoms with Crippen LogP contribution in [0.3, 0.4) is 0 Å². The first-order valence-corrected chi connectivity index (χ1v) is 15.0. The van der Waals surface area contributed by atoms with E-state index >= 15 is 0 Å². The number of nitrogens with zero attached hydrogens (tertiary/aromatic N) is 3. The molecule has 216 valence electrons. The molecule has 0 saturated carbocycles. The normalized spacial score (nSPS) is 10.9. The number of ether oxygens (including phenoxy) is 3. The summed E-state index contributed by atoms with van der Waals surface area (Å²) in [6, 6.07) is 23.6. The maximum atomic E-state index is 6.00. The molecule has 0 unspecified atom stereocenters. The number of methoxy groups -OCH3 is 2. The van der Waals surface area contributed by atoms with Crippen molar-refractivity contribution >= 4 is 0 Å². The molecule has 0 atom stereocenters. The lowest BCUT2D eigenvalue weighted by atomic mass is 10.0. The van der Waals surface area contributed by atoms with Crippen molar-refractivity contribution in [3.05, 3.63) is 72.8 Å². The molecule has 0 aliphatic rings. The van der Waals surface area contributed by atoms with Gasteiger partial charge in [0.15, 0.2) is 5.82 Å². The Kier molecular flexibility index (Phi) is 12.0. The lowest BCUT2D eigenvalue weighted by Crippen LogP contribution is -2.01. The zero-order chi connectivity index (χ0) is 28.7. The first-order chi connectivity index (χ1) is 20.2. The van der Waals surface area contributed by atoms with E-state index in [0.717, 1.165) is 52.7 Å². The number of aromatic nitrogens is 3. The summed E-state index contributed by atoms with van der Waals surface area (Å²) < 4.78 is 16.7. The van der Waals surface area contributed by atoms with E-state index in [-0.39, 0.29) is 0 Å². The van der Waals surface area contributed by atoms with Gasteiger partial charge in [-0.2, -0.15) is 0 Å². The number of rotatable bonds is 17. The highest BCUT2D eigenvalue weighted by Crippen LogP contribution is 2.32. The smallest absolute Gasteiger partial charge is 0.182 e. The largest absolute Gasteiger partial charge is 0.497 e. The lowest BCUT2D eigenvalue weighted by Gasteiger charge is -2.11. The van der Waals surface area contributed by atoms with E-state index in [0.29, 0.717) is 11.5 Å². The summed E-state index contributed by atoms with van der Waals surface area (Å²) in [6.07, 6.45) is 13.2. The fourth-order valence-electron chi connectivity index (χ4n) is 4.82.